The Hall–Kier alpha value is -1.58. The van der Waals surface area contributed by atoms with E-state index in [9.17, 15) is 0 Å². The number of rotatable bonds is 4. The Morgan fingerprint density at radius 3 is 2.88 bits per heavy atom. The van der Waals surface area contributed by atoms with E-state index >= 15 is 0 Å². The van der Waals surface area contributed by atoms with Crippen LogP contribution in [0.2, 0.25) is 0 Å². The highest BCUT2D eigenvalue weighted by Crippen LogP contribution is 2.18. The zero-order chi connectivity index (χ0) is 12.4. The Labute approximate surface area is 102 Å². The second kappa shape index (κ2) is 4.73. The number of imidazole rings is 1. The molecule has 0 radical (unpaired) electrons. The fourth-order valence-corrected chi connectivity index (χ4v) is 2.01. The number of hydrogen-bond acceptors (Lipinski definition) is 3. The molecule has 2 rings (SSSR count). The molecule has 0 saturated carbocycles. The van der Waals surface area contributed by atoms with E-state index in [2.05, 4.69) is 23.8 Å². The van der Waals surface area contributed by atoms with Gasteiger partial charge in [0.2, 0.25) is 5.95 Å². The zero-order valence-electron chi connectivity index (χ0n) is 10.8. The van der Waals surface area contributed by atoms with Crippen LogP contribution >= 0.6 is 0 Å². The molecule has 2 aromatic heterocycles. The van der Waals surface area contributed by atoms with Gasteiger partial charge in [-0.05, 0) is 37.3 Å². The number of aromatic nitrogens is 3. The van der Waals surface area contributed by atoms with Crippen molar-refractivity contribution in [1.29, 1.82) is 0 Å². The van der Waals surface area contributed by atoms with Crippen LogP contribution in [-0.2, 0) is 6.54 Å². The summed E-state index contributed by atoms with van der Waals surface area (Å²) in [6.07, 6.45) is 4.18. The average Bonchev–Trinajstić information content (AvgIpc) is 2.54. The summed E-state index contributed by atoms with van der Waals surface area (Å²) in [6.45, 7) is 7.38. The van der Waals surface area contributed by atoms with E-state index in [1.165, 1.54) is 6.42 Å². The van der Waals surface area contributed by atoms with Gasteiger partial charge in [0.15, 0.2) is 5.65 Å². The second-order valence-electron chi connectivity index (χ2n) is 5.01. The summed E-state index contributed by atoms with van der Waals surface area (Å²) in [5, 5.41) is 0. The number of nitrogens with two attached hydrogens (primary N) is 1. The number of anilines is 1. The van der Waals surface area contributed by atoms with Crippen LogP contribution in [0.1, 0.15) is 32.3 Å². The number of pyridine rings is 1. The van der Waals surface area contributed by atoms with Crippen molar-refractivity contribution >= 4 is 17.1 Å². The molecule has 4 nitrogen and oxygen atoms in total. The van der Waals surface area contributed by atoms with Crippen LogP contribution in [-0.4, -0.2) is 14.5 Å². The van der Waals surface area contributed by atoms with Gasteiger partial charge in [0.1, 0.15) is 5.52 Å². The van der Waals surface area contributed by atoms with Gasteiger partial charge in [0.05, 0.1) is 0 Å². The van der Waals surface area contributed by atoms with Crippen molar-refractivity contribution in [1.82, 2.24) is 14.5 Å². The third-order valence-corrected chi connectivity index (χ3v) is 2.91. The highest BCUT2D eigenvalue weighted by atomic mass is 15.2. The lowest BCUT2D eigenvalue weighted by molar-refractivity contribution is 0.518. The van der Waals surface area contributed by atoms with Crippen LogP contribution in [0.4, 0.5) is 5.95 Å². The van der Waals surface area contributed by atoms with Gasteiger partial charge in [-0.3, -0.25) is 4.57 Å². The molecule has 0 spiro atoms. The zero-order valence-corrected chi connectivity index (χ0v) is 10.8. The van der Waals surface area contributed by atoms with Crippen LogP contribution in [0, 0.1) is 12.8 Å². The molecule has 92 valence electrons. The minimum absolute atomic E-state index is 0.571. The van der Waals surface area contributed by atoms with Crippen LogP contribution in [0.3, 0.4) is 0 Å². The summed E-state index contributed by atoms with van der Waals surface area (Å²) >= 11 is 0. The standard InChI is InChI=1S/C13H20N4/c1-9(2)5-4-6-17-12-11(16-13(17)14)7-10(3)8-15-12/h7-9H,4-6H2,1-3H3,(H2,14,16). The minimum atomic E-state index is 0.571. The van der Waals surface area contributed by atoms with E-state index in [0.717, 1.165) is 35.6 Å². The van der Waals surface area contributed by atoms with Crippen LogP contribution < -0.4 is 5.73 Å². The van der Waals surface area contributed by atoms with Crippen LogP contribution in [0.25, 0.3) is 11.2 Å². The molecule has 2 heterocycles. The number of fused-ring (bicyclic) bond motifs is 1. The number of aryl methyl sites for hydroxylation is 2. The molecule has 4 heteroatoms. The molecule has 17 heavy (non-hydrogen) atoms. The summed E-state index contributed by atoms with van der Waals surface area (Å²) in [5.41, 5.74) is 8.84. The Morgan fingerprint density at radius 2 is 2.18 bits per heavy atom. The van der Waals surface area contributed by atoms with E-state index in [4.69, 9.17) is 5.73 Å². The van der Waals surface area contributed by atoms with Crippen LogP contribution in [0.5, 0.6) is 0 Å². The van der Waals surface area contributed by atoms with E-state index in [1.54, 1.807) is 0 Å². The average molecular weight is 232 g/mol. The van der Waals surface area contributed by atoms with E-state index in [-0.39, 0.29) is 0 Å². The first kappa shape index (κ1) is 11.9. The molecule has 0 atom stereocenters. The summed E-state index contributed by atoms with van der Waals surface area (Å²) in [5.74, 6) is 1.29. The minimum Gasteiger partial charge on any atom is -0.369 e. The van der Waals surface area contributed by atoms with Gasteiger partial charge in [0.25, 0.3) is 0 Å². The number of hydrogen-bond donors (Lipinski definition) is 1. The predicted octanol–water partition coefficient (Wildman–Crippen LogP) is 2.76. The van der Waals surface area contributed by atoms with Gasteiger partial charge >= 0.3 is 0 Å². The largest absolute Gasteiger partial charge is 0.369 e. The molecule has 0 fully saturated rings. The maximum Gasteiger partial charge on any atom is 0.202 e. The van der Waals surface area contributed by atoms with Crippen molar-refractivity contribution in [3.05, 3.63) is 17.8 Å². The highest BCUT2D eigenvalue weighted by molar-refractivity contribution is 5.74. The normalized spacial score (nSPS) is 11.5. The van der Waals surface area contributed by atoms with Gasteiger partial charge in [-0.1, -0.05) is 13.8 Å². The molecular formula is C13H20N4. The number of nitrogens with zero attached hydrogens (tertiary/aromatic N) is 3. The monoisotopic (exact) mass is 232 g/mol. The first-order valence-corrected chi connectivity index (χ1v) is 6.16. The molecule has 0 aliphatic heterocycles. The van der Waals surface area contributed by atoms with Gasteiger partial charge < -0.3 is 5.73 Å². The summed E-state index contributed by atoms with van der Waals surface area (Å²) in [4.78, 5) is 8.77. The lowest BCUT2D eigenvalue weighted by Crippen LogP contribution is -2.05. The van der Waals surface area contributed by atoms with E-state index < -0.39 is 0 Å². The molecule has 0 aliphatic rings. The molecule has 2 N–H and O–H groups in total. The fourth-order valence-electron chi connectivity index (χ4n) is 2.01. The van der Waals surface area contributed by atoms with Crippen molar-refractivity contribution in [2.75, 3.05) is 5.73 Å². The first-order chi connectivity index (χ1) is 8.08. The lowest BCUT2D eigenvalue weighted by atomic mass is 10.1. The lowest BCUT2D eigenvalue weighted by Gasteiger charge is -2.07. The Balaban J connectivity index is 2.24. The van der Waals surface area contributed by atoms with Gasteiger partial charge in [-0.15, -0.1) is 0 Å². The Kier molecular flexibility index (Phi) is 3.31. The van der Waals surface area contributed by atoms with Gasteiger partial charge in [0, 0.05) is 12.7 Å². The van der Waals surface area contributed by atoms with Crippen molar-refractivity contribution in [3.63, 3.8) is 0 Å². The number of nitrogen functional groups attached to an aromatic ring is 1. The third-order valence-electron chi connectivity index (χ3n) is 2.91. The van der Waals surface area contributed by atoms with Crippen molar-refractivity contribution in [2.45, 2.75) is 40.2 Å². The first-order valence-electron chi connectivity index (χ1n) is 6.16. The molecule has 0 aromatic carbocycles. The van der Waals surface area contributed by atoms with Gasteiger partial charge in [-0.25, -0.2) is 9.97 Å². The highest BCUT2D eigenvalue weighted by Gasteiger charge is 2.09. The molecule has 0 unspecified atom stereocenters. The fraction of sp³-hybridized carbons (Fsp3) is 0.538. The molecular weight excluding hydrogens is 212 g/mol. The van der Waals surface area contributed by atoms with Gasteiger partial charge in [-0.2, -0.15) is 0 Å². The van der Waals surface area contributed by atoms with E-state index in [0.29, 0.717) is 5.95 Å². The maximum atomic E-state index is 5.93. The van der Waals surface area contributed by atoms with Crippen molar-refractivity contribution in [3.8, 4) is 0 Å². The maximum absolute atomic E-state index is 5.93. The SMILES string of the molecule is Cc1cnc2c(c1)nc(N)n2CCCC(C)C. The quantitative estimate of drug-likeness (QED) is 0.881. The van der Waals surface area contributed by atoms with Crippen molar-refractivity contribution in [2.24, 2.45) is 5.92 Å². The molecule has 0 aliphatic carbocycles. The van der Waals surface area contributed by atoms with Crippen molar-refractivity contribution < 1.29 is 0 Å². The van der Waals surface area contributed by atoms with E-state index in [1.807, 2.05) is 23.8 Å². The molecule has 2 aromatic rings. The summed E-state index contributed by atoms with van der Waals surface area (Å²) in [7, 11) is 0. The molecule has 0 saturated heterocycles. The van der Waals surface area contributed by atoms with Crippen LogP contribution in [0.15, 0.2) is 12.3 Å². The predicted molar refractivity (Wildman–Crippen MR) is 70.7 cm³/mol. The molecule has 0 bridgehead atoms. The second-order valence-corrected chi connectivity index (χ2v) is 5.01. The Morgan fingerprint density at radius 1 is 1.41 bits per heavy atom. The smallest absolute Gasteiger partial charge is 0.202 e. The third kappa shape index (κ3) is 2.57. The summed E-state index contributed by atoms with van der Waals surface area (Å²) < 4.78 is 2.01. The topological polar surface area (TPSA) is 56.7 Å². The Bertz CT molecular complexity index is 513. The summed E-state index contributed by atoms with van der Waals surface area (Å²) in [6, 6.07) is 2.03. The molecule has 0 amide bonds.